The van der Waals surface area contributed by atoms with Crippen molar-refractivity contribution in [3.05, 3.63) is 71.3 Å². The molecule has 0 bridgehead atoms. The number of nitrogens with zero attached hydrogens (tertiary/aromatic N) is 1. The molecule has 39 heavy (non-hydrogen) atoms. The van der Waals surface area contributed by atoms with Crippen LogP contribution in [0.1, 0.15) is 29.5 Å². The van der Waals surface area contributed by atoms with E-state index < -0.39 is 61.1 Å². The Morgan fingerprint density at radius 3 is 2.56 bits per heavy atom. The topological polar surface area (TPSA) is 117 Å². The number of amides is 3. The number of rotatable bonds is 9. The summed E-state index contributed by atoms with van der Waals surface area (Å²) in [7, 11) is 0. The molecule has 11 heteroatoms. The van der Waals surface area contributed by atoms with Crippen LogP contribution in [-0.2, 0) is 32.0 Å². The van der Waals surface area contributed by atoms with Gasteiger partial charge in [-0.1, -0.05) is 54.6 Å². The first-order valence-corrected chi connectivity index (χ1v) is 12.9. The lowest BCUT2D eigenvalue weighted by atomic mass is 10.00. The number of likely N-dealkylation sites (tertiary alicyclic amines) is 1. The molecule has 4 atom stereocenters. The Balaban J connectivity index is 1.48. The number of aliphatic hydroxyl groups is 1. The van der Waals surface area contributed by atoms with Crippen LogP contribution in [0.5, 0.6) is 0 Å². The number of carbonyl (C=O) groups is 3. The highest BCUT2D eigenvalue weighted by Gasteiger charge is 2.51. The number of aliphatic hydroxyl groups excluding tert-OH is 1. The molecule has 0 aromatic heterocycles. The summed E-state index contributed by atoms with van der Waals surface area (Å²) in [5.74, 6) is -5.14. The van der Waals surface area contributed by atoms with Crippen LogP contribution < -0.4 is 10.6 Å². The van der Waals surface area contributed by atoms with E-state index in [0.29, 0.717) is 23.5 Å². The summed E-state index contributed by atoms with van der Waals surface area (Å²) >= 11 is 0. The molecule has 9 nitrogen and oxygen atoms in total. The first kappa shape index (κ1) is 28.4. The maximum absolute atomic E-state index is 14.5. The van der Waals surface area contributed by atoms with Crippen molar-refractivity contribution in [1.29, 1.82) is 0 Å². The quantitative estimate of drug-likeness (QED) is 0.446. The lowest BCUT2D eigenvalue weighted by Gasteiger charge is -2.30. The van der Waals surface area contributed by atoms with E-state index in [9.17, 15) is 28.3 Å². The highest BCUT2D eigenvalue weighted by molar-refractivity contribution is 5.90. The van der Waals surface area contributed by atoms with Crippen molar-refractivity contribution in [2.24, 2.45) is 0 Å². The maximum Gasteiger partial charge on any atom is 0.407 e. The van der Waals surface area contributed by atoms with Crippen LogP contribution in [0.15, 0.2) is 54.6 Å². The van der Waals surface area contributed by atoms with Crippen LogP contribution in [0.2, 0.25) is 0 Å². The molecule has 2 aliphatic heterocycles. The van der Waals surface area contributed by atoms with Gasteiger partial charge in [0.25, 0.3) is 11.8 Å². The zero-order valence-electron chi connectivity index (χ0n) is 21.6. The van der Waals surface area contributed by atoms with Gasteiger partial charge in [-0.2, -0.15) is 0 Å². The average molecular weight is 546 g/mol. The summed E-state index contributed by atoms with van der Waals surface area (Å²) in [5, 5.41) is 16.2. The fourth-order valence-electron chi connectivity index (χ4n) is 4.79. The lowest BCUT2D eigenvalue weighted by Crippen LogP contribution is -2.56. The molecule has 3 N–H and O–H groups in total. The lowest BCUT2D eigenvalue weighted by molar-refractivity contribution is -0.147. The monoisotopic (exact) mass is 545 g/mol. The molecule has 0 radical (unpaired) electrons. The molecule has 0 aliphatic carbocycles. The van der Waals surface area contributed by atoms with Crippen LogP contribution in [0.4, 0.5) is 13.6 Å². The van der Waals surface area contributed by atoms with Gasteiger partial charge in [0.05, 0.1) is 25.8 Å². The molecular formula is C28H33F2N3O6. The van der Waals surface area contributed by atoms with E-state index in [4.69, 9.17) is 9.47 Å². The second-order valence-electron chi connectivity index (χ2n) is 9.96. The summed E-state index contributed by atoms with van der Waals surface area (Å²) in [6, 6.07) is 13.4. The molecule has 2 heterocycles. The molecule has 210 valence electrons. The van der Waals surface area contributed by atoms with E-state index in [1.54, 1.807) is 36.4 Å². The minimum Gasteiger partial charge on any atom is -0.444 e. The van der Waals surface area contributed by atoms with Crippen molar-refractivity contribution in [3.8, 4) is 0 Å². The van der Waals surface area contributed by atoms with Crippen molar-refractivity contribution in [2.75, 3.05) is 19.8 Å². The van der Waals surface area contributed by atoms with Gasteiger partial charge in [-0.15, -0.1) is 0 Å². The number of halogens is 2. The molecule has 4 rings (SSSR count). The van der Waals surface area contributed by atoms with Gasteiger partial charge in [0.2, 0.25) is 5.91 Å². The highest BCUT2D eigenvalue weighted by atomic mass is 19.3. The Hall–Kier alpha value is -3.57. The van der Waals surface area contributed by atoms with Crippen molar-refractivity contribution >= 4 is 17.9 Å². The van der Waals surface area contributed by atoms with E-state index in [1.807, 2.05) is 25.1 Å². The molecule has 0 spiro atoms. The number of carbonyl (C=O) groups excluding carboxylic acids is 3. The van der Waals surface area contributed by atoms with Crippen molar-refractivity contribution in [1.82, 2.24) is 15.5 Å². The fourth-order valence-corrected chi connectivity index (χ4v) is 4.79. The van der Waals surface area contributed by atoms with Crippen molar-refractivity contribution in [2.45, 2.75) is 62.9 Å². The van der Waals surface area contributed by atoms with Crippen molar-refractivity contribution in [3.63, 3.8) is 0 Å². The molecular weight excluding hydrogens is 512 g/mol. The van der Waals surface area contributed by atoms with Crippen LogP contribution in [0, 0.1) is 6.92 Å². The fraction of sp³-hybridized carbons (Fsp3) is 0.464. The van der Waals surface area contributed by atoms with Gasteiger partial charge >= 0.3 is 6.09 Å². The van der Waals surface area contributed by atoms with Gasteiger partial charge in [-0.25, -0.2) is 13.6 Å². The zero-order chi connectivity index (χ0) is 28.0. The molecule has 2 aromatic rings. The van der Waals surface area contributed by atoms with Gasteiger partial charge in [0.1, 0.15) is 12.1 Å². The van der Waals surface area contributed by atoms with Gasteiger partial charge in [0.15, 0.2) is 6.10 Å². The molecule has 2 aliphatic rings. The third-order valence-electron chi connectivity index (χ3n) is 6.97. The summed E-state index contributed by atoms with van der Waals surface area (Å²) in [6.07, 6.45) is -3.56. The summed E-state index contributed by atoms with van der Waals surface area (Å²) in [4.78, 5) is 39.6. The van der Waals surface area contributed by atoms with Crippen LogP contribution in [-0.4, -0.2) is 77.9 Å². The summed E-state index contributed by atoms with van der Waals surface area (Å²) in [5.41, 5.74) is 2.42. The number of alkyl halides is 2. The minimum absolute atomic E-state index is 0.0262. The standard InChI is InChI=1S/C28H33F2N3O6/c1-18-7-5-6-10-20(18)15-31-25(35)23-14-28(29,30)17-33(23)26(36)24(34)22(13-19-8-3-2-4-9-19)32-27(37)39-21-11-12-38-16-21/h2-10,21-24,34H,11-17H2,1H3,(H,31,35)(H,32,37)/t21-,22?,23-,24-/m0/s1. The Labute approximate surface area is 225 Å². The third kappa shape index (κ3) is 7.51. The summed E-state index contributed by atoms with van der Waals surface area (Å²) < 4.78 is 39.5. The van der Waals surface area contributed by atoms with Gasteiger partial charge in [-0.3, -0.25) is 9.59 Å². The molecule has 3 amide bonds. The Morgan fingerprint density at radius 2 is 1.87 bits per heavy atom. The van der Waals surface area contributed by atoms with Gasteiger partial charge in [-0.05, 0) is 30.0 Å². The predicted molar refractivity (Wildman–Crippen MR) is 137 cm³/mol. The second kappa shape index (κ2) is 12.5. The average Bonchev–Trinajstić information content (AvgIpc) is 3.54. The predicted octanol–water partition coefficient (Wildman–Crippen LogP) is 2.33. The largest absolute Gasteiger partial charge is 0.444 e. The normalized spacial score (nSPS) is 21.7. The molecule has 1 unspecified atom stereocenters. The first-order chi connectivity index (χ1) is 18.6. The maximum atomic E-state index is 14.5. The van der Waals surface area contributed by atoms with Crippen LogP contribution >= 0.6 is 0 Å². The highest BCUT2D eigenvalue weighted by Crippen LogP contribution is 2.33. The molecule has 2 saturated heterocycles. The van der Waals surface area contributed by atoms with E-state index in [-0.39, 0.29) is 19.6 Å². The van der Waals surface area contributed by atoms with E-state index in [1.165, 1.54) is 0 Å². The smallest absolute Gasteiger partial charge is 0.407 e. The third-order valence-corrected chi connectivity index (χ3v) is 6.97. The number of hydrogen-bond acceptors (Lipinski definition) is 6. The number of hydrogen-bond donors (Lipinski definition) is 3. The summed E-state index contributed by atoms with van der Waals surface area (Å²) in [6.45, 7) is 1.63. The minimum atomic E-state index is -3.32. The first-order valence-electron chi connectivity index (χ1n) is 12.9. The van der Waals surface area contributed by atoms with E-state index in [2.05, 4.69) is 10.6 Å². The number of aryl methyl sites for hydroxylation is 1. The number of alkyl carbamates (subject to hydrolysis) is 1. The van der Waals surface area contributed by atoms with Gasteiger partial charge in [0, 0.05) is 19.4 Å². The Morgan fingerprint density at radius 1 is 1.15 bits per heavy atom. The number of nitrogens with one attached hydrogen (secondary N) is 2. The second-order valence-corrected chi connectivity index (χ2v) is 9.96. The molecule has 2 aromatic carbocycles. The SMILES string of the molecule is Cc1ccccc1CNC(=O)[C@@H]1CC(F)(F)CN1C(=O)[C@@H](O)C(Cc1ccccc1)NC(=O)O[C@H]1CCOC1. The molecule has 2 fully saturated rings. The zero-order valence-corrected chi connectivity index (χ0v) is 21.6. The number of ether oxygens (including phenoxy) is 2. The van der Waals surface area contributed by atoms with E-state index >= 15 is 0 Å². The van der Waals surface area contributed by atoms with Gasteiger partial charge < -0.3 is 30.1 Å². The number of benzene rings is 2. The molecule has 0 saturated carbocycles. The van der Waals surface area contributed by atoms with Crippen LogP contribution in [0.3, 0.4) is 0 Å². The van der Waals surface area contributed by atoms with Crippen molar-refractivity contribution < 1.29 is 37.7 Å². The Bertz CT molecular complexity index is 1160. The van der Waals surface area contributed by atoms with Crippen LogP contribution in [0.25, 0.3) is 0 Å². The Kier molecular flexibility index (Phi) is 9.13. The van der Waals surface area contributed by atoms with E-state index in [0.717, 1.165) is 11.1 Å².